The maximum absolute atomic E-state index is 5.82. The first kappa shape index (κ1) is 10.5. The molecule has 2 heterocycles. The van der Waals surface area contributed by atoms with Crippen molar-refractivity contribution in [3.8, 4) is 11.5 Å². The van der Waals surface area contributed by atoms with Gasteiger partial charge in [-0.15, -0.1) is 0 Å². The van der Waals surface area contributed by atoms with Gasteiger partial charge in [-0.05, 0) is 36.9 Å². The van der Waals surface area contributed by atoms with Crippen molar-refractivity contribution in [1.29, 1.82) is 0 Å². The van der Waals surface area contributed by atoms with Gasteiger partial charge in [-0.1, -0.05) is 11.6 Å². The van der Waals surface area contributed by atoms with E-state index >= 15 is 0 Å². The third kappa shape index (κ3) is 1.86. The summed E-state index contributed by atoms with van der Waals surface area (Å²) in [6, 6.07) is 3.84. The highest BCUT2D eigenvalue weighted by atomic mass is 16.5. The summed E-state index contributed by atoms with van der Waals surface area (Å²) in [5, 5.41) is 3.98. The van der Waals surface area contributed by atoms with Gasteiger partial charge < -0.3 is 15.2 Å². The van der Waals surface area contributed by atoms with E-state index in [0.29, 0.717) is 18.3 Å². The van der Waals surface area contributed by atoms with E-state index in [1.165, 1.54) is 19.3 Å². The number of H-pyrrole nitrogens is 1. The van der Waals surface area contributed by atoms with Gasteiger partial charge in [0.1, 0.15) is 0 Å². The van der Waals surface area contributed by atoms with Crippen LogP contribution in [-0.2, 0) is 6.42 Å². The predicted octanol–water partition coefficient (Wildman–Crippen LogP) is 1.74. The molecule has 0 saturated heterocycles. The van der Waals surface area contributed by atoms with Crippen LogP contribution in [0.25, 0.3) is 11.5 Å². The topological polar surface area (TPSA) is 80.7 Å². The van der Waals surface area contributed by atoms with E-state index in [-0.39, 0.29) is 5.41 Å². The molecule has 1 aliphatic rings. The fraction of sp³-hybridized carbons (Fsp3) is 0.500. The lowest BCUT2D eigenvalue weighted by Gasteiger charge is -2.39. The molecule has 2 aromatic rings. The molecule has 0 spiro atoms. The molecule has 0 aromatic carbocycles. The van der Waals surface area contributed by atoms with Crippen molar-refractivity contribution in [2.45, 2.75) is 25.7 Å². The van der Waals surface area contributed by atoms with Gasteiger partial charge >= 0.3 is 0 Å². The van der Waals surface area contributed by atoms with Crippen LogP contribution in [0.3, 0.4) is 0 Å². The van der Waals surface area contributed by atoms with Gasteiger partial charge in [-0.25, -0.2) is 0 Å². The Morgan fingerprint density at radius 2 is 2.35 bits per heavy atom. The fourth-order valence-corrected chi connectivity index (χ4v) is 2.36. The highest BCUT2D eigenvalue weighted by molar-refractivity contribution is 5.47. The Hall–Kier alpha value is -1.62. The first-order valence-electron chi connectivity index (χ1n) is 5.98. The minimum absolute atomic E-state index is 0.208. The predicted molar refractivity (Wildman–Crippen MR) is 63.1 cm³/mol. The number of aromatic nitrogens is 3. The molecule has 1 aliphatic carbocycles. The number of hydrogen-bond acceptors (Lipinski definition) is 4. The van der Waals surface area contributed by atoms with Crippen molar-refractivity contribution >= 4 is 0 Å². The van der Waals surface area contributed by atoms with Crippen molar-refractivity contribution in [3.05, 3.63) is 24.2 Å². The Morgan fingerprint density at radius 1 is 1.47 bits per heavy atom. The third-order valence-electron chi connectivity index (χ3n) is 3.68. The Labute approximate surface area is 99.4 Å². The summed E-state index contributed by atoms with van der Waals surface area (Å²) < 4.78 is 5.29. The summed E-state index contributed by atoms with van der Waals surface area (Å²) in [6.45, 7) is 0.702. The van der Waals surface area contributed by atoms with Crippen LogP contribution < -0.4 is 5.73 Å². The van der Waals surface area contributed by atoms with E-state index in [0.717, 1.165) is 12.1 Å². The highest BCUT2D eigenvalue weighted by Gasteiger charge is 2.37. The molecule has 0 atom stereocenters. The second-order valence-electron chi connectivity index (χ2n) is 4.83. The maximum atomic E-state index is 5.82. The van der Waals surface area contributed by atoms with Gasteiger partial charge in [0.15, 0.2) is 0 Å². The molecular weight excluding hydrogens is 216 g/mol. The Kier molecular flexibility index (Phi) is 2.48. The van der Waals surface area contributed by atoms with Gasteiger partial charge in [-0.3, -0.25) is 0 Å². The molecule has 0 radical (unpaired) electrons. The zero-order valence-corrected chi connectivity index (χ0v) is 9.65. The molecule has 1 saturated carbocycles. The van der Waals surface area contributed by atoms with Crippen LogP contribution in [-0.4, -0.2) is 21.7 Å². The summed E-state index contributed by atoms with van der Waals surface area (Å²) >= 11 is 0. The van der Waals surface area contributed by atoms with Crippen LogP contribution in [0.15, 0.2) is 22.9 Å². The van der Waals surface area contributed by atoms with Crippen LogP contribution in [0.4, 0.5) is 0 Å². The summed E-state index contributed by atoms with van der Waals surface area (Å²) in [4.78, 5) is 7.46. The van der Waals surface area contributed by atoms with Crippen LogP contribution in [0.5, 0.6) is 0 Å². The molecule has 1 fully saturated rings. The van der Waals surface area contributed by atoms with Crippen molar-refractivity contribution in [2.75, 3.05) is 6.54 Å². The first-order valence-corrected chi connectivity index (χ1v) is 5.98. The number of nitrogens with one attached hydrogen (secondary N) is 1. The second-order valence-corrected chi connectivity index (χ2v) is 4.83. The van der Waals surface area contributed by atoms with Gasteiger partial charge in [-0.2, -0.15) is 4.98 Å². The van der Waals surface area contributed by atoms with Crippen LogP contribution in [0, 0.1) is 5.41 Å². The Bertz CT molecular complexity index is 479. The number of aromatic amines is 1. The molecule has 0 unspecified atom stereocenters. The Morgan fingerprint density at radius 3 is 2.94 bits per heavy atom. The minimum atomic E-state index is 0.208. The van der Waals surface area contributed by atoms with Crippen molar-refractivity contribution in [1.82, 2.24) is 15.1 Å². The van der Waals surface area contributed by atoms with Crippen LogP contribution in [0.2, 0.25) is 0 Å². The molecule has 2 aromatic heterocycles. The zero-order chi connectivity index (χ0) is 11.7. The maximum Gasteiger partial charge on any atom is 0.227 e. The van der Waals surface area contributed by atoms with E-state index in [4.69, 9.17) is 10.3 Å². The SMILES string of the molecule is NCC1(Cc2nc(-c3ccc[nH]3)no2)CCC1. The number of nitrogens with two attached hydrogens (primary N) is 1. The normalized spacial score (nSPS) is 17.9. The van der Waals surface area contributed by atoms with Crippen LogP contribution in [0.1, 0.15) is 25.2 Å². The van der Waals surface area contributed by atoms with E-state index in [1.54, 1.807) is 0 Å². The first-order chi connectivity index (χ1) is 8.31. The highest BCUT2D eigenvalue weighted by Crippen LogP contribution is 2.42. The minimum Gasteiger partial charge on any atom is -0.359 e. The third-order valence-corrected chi connectivity index (χ3v) is 3.68. The van der Waals surface area contributed by atoms with E-state index in [9.17, 15) is 0 Å². The molecule has 5 heteroatoms. The smallest absolute Gasteiger partial charge is 0.227 e. The van der Waals surface area contributed by atoms with Gasteiger partial charge in [0.25, 0.3) is 0 Å². The molecule has 0 aliphatic heterocycles. The largest absolute Gasteiger partial charge is 0.359 e. The van der Waals surface area contributed by atoms with E-state index in [2.05, 4.69) is 15.1 Å². The van der Waals surface area contributed by atoms with Gasteiger partial charge in [0, 0.05) is 12.6 Å². The molecule has 90 valence electrons. The zero-order valence-electron chi connectivity index (χ0n) is 9.65. The average Bonchev–Trinajstić information content (AvgIpc) is 2.94. The molecule has 3 N–H and O–H groups in total. The Balaban J connectivity index is 1.77. The van der Waals surface area contributed by atoms with Crippen molar-refractivity contribution < 1.29 is 4.52 Å². The summed E-state index contributed by atoms with van der Waals surface area (Å²) in [5.74, 6) is 1.32. The van der Waals surface area contributed by atoms with E-state index < -0.39 is 0 Å². The van der Waals surface area contributed by atoms with Gasteiger partial charge in [0.2, 0.25) is 11.7 Å². The average molecular weight is 232 g/mol. The number of rotatable bonds is 4. The lowest BCUT2D eigenvalue weighted by molar-refractivity contribution is 0.129. The number of nitrogens with zero attached hydrogens (tertiary/aromatic N) is 2. The lowest BCUT2D eigenvalue weighted by atomic mass is 9.67. The quantitative estimate of drug-likeness (QED) is 0.841. The summed E-state index contributed by atoms with van der Waals surface area (Å²) in [6.07, 6.45) is 6.25. The standard InChI is InChI=1S/C12H16N4O/c13-8-12(4-2-5-12)7-10-15-11(16-17-10)9-3-1-6-14-9/h1,3,6,14H,2,4-5,7-8,13H2. The molecule has 5 nitrogen and oxygen atoms in total. The van der Waals surface area contributed by atoms with E-state index in [1.807, 2.05) is 18.3 Å². The second kappa shape index (κ2) is 4.00. The van der Waals surface area contributed by atoms with Crippen molar-refractivity contribution in [2.24, 2.45) is 11.1 Å². The molecule has 3 rings (SSSR count). The van der Waals surface area contributed by atoms with Crippen molar-refractivity contribution in [3.63, 3.8) is 0 Å². The lowest BCUT2D eigenvalue weighted by Crippen LogP contribution is -2.39. The monoisotopic (exact) mass is 232 g/mol. The summed E-state index contributed by atoms with van der Waals surface area (Å²) in [7, 11) is 0. The molecular formula is C12H16N4O. The molecule has 0 amide bonds. The van der Waals surface area contributed by atoms with Gasteiger partial charge in [0.05, 0.1) is 5.69 Å². The number of hydrogen-bond donors (Lipinski definition) is 2. The summed E-state index contributed by atoms with van der Waals surface area (Å²) in [5.41, 5.74) is 6.91. The van der Waals surface area contributed by atoms with Crippen LogP contribution >= 0.6 is 0 Å². The fourth-order valence-electron chi connectivity index (χ4n) is 2.36. The molecule has 17 heavy (non-hydrogen) atoms. The molecule has 0 bridgehead atoms.